The molecule has 0 bridgehead atoms. The number of halogens is 1. The molecule has 0 fully saturated rings. The van der Waals surface area contributed by atoms with Crippen LogP contribution in [-0.2, 0) is 6.61 Å². The average molecular weight is 398 g/mol. The minimum atomic E-state index is -0.308. The molecule has 0 atom stereocenters. The normalized spacial score (nSPS) is 10.3. The van der Waals surface area contributed by atoms with Crippen molar-refractivity contribution in [3.8, 4) is 5.88 Å². The van der Waals surface area contributed by atoms with Gasteiger partial charge < -0.3 is 10.1 Å². The standard InChI is InChI=1S/C19H16BrN3O2/c1-13-9-15(20)7-8-16(13)23-19(24)17-10-18(22-12-21-17)25-11-14-5-3-2-4-6-14/h2-10,12H,11H2,1H3,(H,23,24). The minimum Gasteiger partial charge on any atom is -0.473 e. The van der Waals surface area contributed by atoms with E-state index in [2.05, 4.69) is 31.2 Å². The number of nitrogens with zero attached hydrogens (tertiary/aromatic N) is 2. The van der Waals surface area contributed by atoms with Crippen LogP contribution in [-0.4, -0.2) is 15.9 Å². The van der Waals surface area contributed by atoms with Gasteiger partial charge in [-0.05, 0) is 36.2 Å². The van der Waals surface area contributed by atoms with Crippen LogP contribution in [0.2, 0.25) is 0 Å². The lowest BCUT2D eigenvalue weighted by molar-refractivity contribution is 0.102. The lowest BCUT2D eigenvalue weighted by Gasteiger charge is -2.09. The number of ether oxygens (including phenoxy) is 1. The summed E-state index contributed by atoms with van der Waals surface area (Å²) in [6.45, 7) is 2.31. The van der Waals surface area contributed by atoms with Gasteiger partial charge in [0.2, 0.25) is 5.88 Å². The Kier molecular flexibility index (Phi) is 5.40. The first-order valence-corrected chi connectivity index (χ1v) is 8.47. The molecule has 0 saturated heterocycles. The Morgan fingerprint density at radius 1 is 1.12 bits per heavy atom. The summed E-state index contributed by atoms with van der Waals surface area (Å²) in [6.07, 6.45) is 1.32. The van der Waals surface area contributed by atoms with Crippen LogP contribution in [0.4, 0.5) is 5.69 Å². The van der Waals surface area contributed by atoms with Crippen molar-refractivity contribution in [2.24, 2.45) is 0 Å². The van der Waals surface area contributed by atoms with Crippen LogP contribution in [0.25, 0.3) is 0 Å². The maximum absolute atomic E-state index is 12.4. The fourth-order valence-electron chi connectivity index (χ4n) is 2.23. The van der Waals surface area contributed by atoms with Crippen molar-refractivity contribution in [1.82, 2.24) is 9.97 Å². The Labute approximate surface area is 154 Å². The van der Waals surface area contributed by atoms with Crippen LogP contribution < -0.4 is 10.1 Å². The van der Waals surface area contributed by atoms with E-state index in [1.807, 2.05) is 55.5 Å². The zero-order valence-corrected chi connectivity index (χ0v) is 15.2. The molecule has 0 unspecified atom stereocenters. The number of amides is 1. The number of nitrogens with one attached hydrogen (secondary N) is 1. The van der Waals surface area contributed by atoms with E-state index in [0.29, 0.717) is 12.5 Å². The maximum Gasteiger partial charge on any atom is 0.274 e. The van der Waals surface area contributed by atoms with E-state index in [9.17, 15) is 4.79 Å². The molecule has 3 rings (SSSR count). The van der Waals surface area contributed by atoms with Crippen molar-refractivity contribution in [2.45, 2.75) is 13.5 Å². The smallest absolute Gasteiger partial charge is 0.274 e. The zero-order chi connectivity index (χ0) is 17.6. The zero-order valence-electron chi connectivity index (χ0n) is 13.6. The number of carbonyl (C=O) groups is 1. The number of rotatable bonds is 5. The van der Waals surface area contributed by atoms with Crippen LogP contribution in [0.15, 0.2) is 65.4 Å². The van der Waals surface area contributed by atoms with Gasteiger partial charge in [0.25, 0.3) is 5.91 Å². The molecule has 2 aromatic carbocycles. The van der Waals surface area contributed by atoms with E-state index in [0.717, 1.165) is 21.3 Å². The number of hydrogen-bond donors (Lipinski definition) is 1. The molecule has 0 aliphatic heterocycles. The van der Waals surface area contributed by atoms with Crippen LogP contribution in [0.5, 0.6) is 5.88 Å². The number of hydrogen-bond acceptors (Lipinski definition) is 4. The summed E-state index contributed by atoms with van der Waals surface area (Å²) in [6, 6.07) is 16.9. The molecular weight excluding hydrogens is 382 g/mol. The predicted molar refractivity (Wildman–Crippen MR) is 99.6 cm³/mol. The van der Waals surface area contributed by atoms with Gasteiger partial charge in [0.1, 0.15) is 18.6 Å². The third-order valence-electron chi connectivity index (χ3n) is 3.54. The molecule has 1 N–H and O–H groups in total. The summed E-state index contributed by atoms with van der Waals surface area (Å²) in [4.78, 5) is 20.5. The summed E-state index contributed by atoms with van der Waals surface area (Å²) in [5.74, 6) is 0.0499. The predicted octanol–water partition coefficient (Wildman–Crippen LogP) is 4.38. The lowest BCUT2D eigenvalue weighted by Crippen LogP contribution is -2.15. The Hall–Kier alpha value is -2.73. The van der Waals surface area contributed by atoms with Crippen molar-refractivity contribution in [3.05, 3.63) is 82.2 Å². The first kappa shape index (κ1) is 17.1. The second-order valence-corrected chi connectivity index (χ2v) is 6.34. The minimum absolute atomic E-state index is 0.250. The Bertz CT molecular complexity index is 885. The molecule has 0 radical (unpaired) electrons. The Balaban J connectivity index is 1.69. The van der Waals surface area contributed by atoms with E-state index < -0.39 is 0 Å². The van der Waals surface area contributed by atoms with E-state index in [4.69, 9.17) is 4.74 Å². The third-order valence-corrected chi connectivity index (χ3v) is 4.03. The van der Waals surface area contributed by atoms with Crippen LogP contribution >= 0.6 is 15.9 Å². The van der Waals surface area contributed by atoms with Gasteiger partial charge in [-0.3, -0.25) is 4.79 Å². The first-order valence-electron chi connectivity index (χ1n) is 7.68. The largest absolute Gasteiger partial charge is 0.473 e. The van der Waals surface area contributed by atoms with Gasteiger partial charge >= 0.3 is 0 Å². The van der Waals surface area contributed by atoms with E-state index >= 15 is 0 Å². The van der Waals surface area contributed by atoms with Crippen molar-refractivity contribution in [1.29, 1.82) is 0 Å². The summed E-state index contributed by atoms with van der Waals surface area (Å²) in [5.41, 5.74) is 2.97. The molecule has 6 heteroatoms. The fourth-order valence-corrected chi connectivity index (χ4v) is 2.70. The molecule has 25 heavy (non-hydrogen) atoms. The van der Waals surface area contributed by atoms with E-state index in [-0.39, 0.29) is 11.6 Å². The molecule has 3 aromatic rings. The van der Waals surface area contributed by atoms with E-state index in [1.165, 1.54) is 12.4 Å². The summed E-state index contributed by atoms with van der Waals surface area (Å²) < 4.78 is 6.60. The highest BCUT2D eigenvalue weighted by molar-refractivity contribution is 9.10. The topological polar surface area (TPSA) is 64.1 Å². The number of anilines is 1. The average Bonchev–Trinajstić information content (AvgIpc) is 2.63. The van der Waals surface area contributed by atoms with Crippen molar-refractivity contribution >= 4 is 27.5 Å². The highest BCUT2D eigenvalue weighted by atomic mass is 79.9. The van der Waals surface area contributed by atoms with Crippen molar-refractivity contribution in [2.75, 3.05) is 5.32 Å². The highest BCUT2D eigenvalue weighted by Crippen LogP contribution is 2.21. The van der Waals surface area contributed by atoms with Crippen molar-refractivity contribution in [3.63, 3.8) is 0 Å². The SMILES string of the molecule is Cc1cc(Br)ccc1NC(=O)c1cc(OCc2ccccc2)ncn1. The summed E-state index contributed by atoms with van der Waals surface area (Å²) in [7, 11) is 0. The van der Waals surface area contributed by atoms with Gasteiger partial charge in [-0.2, -0.15) is 0 Å². The van der Waals surface area contributed by atoms with Crippen molar-refractivity contribution < 1.29 is 9.53 Å². The third kappa shape index (κ3) is 4.64. The molecule has 1 amide bonds. The number of carbonyl (C=O) groups excluding carboxylic acids is 1. The molecule has 1 heterocycles. The van der Waals surface area contributed by atoms with Crippen LogP contribution in [0.3, 0.4) is 0 Å². The van der Waals surface area contributed by atoms with Gasteiger partial charge in [-0.25, -0.2) is 9.97 Å². The molecule has 0 saturated carbocycles. The van der Waals surface area contributed by atoms with Gasteiger partial charge in [0.15, 0.2) is 0 Å². The second kappa shape index (κ2) is 7.90. The molecular formula is C19H16BrN3O2. The molecule has 1 aromatic heterocycles. The number of benzene rings is 2. The summed E-state index contributed by atoms with van der Waals surface area (Å²) >= 11 is 3.40. The molecule has 0 aliphatic rings. The monoisotopic (exact) mass is 397 g/mol. The number of aromatic nitrogens is 2. The summed E-state index contributed by atoms with van der Waals surface area (Å²) in [5, 5.41) is 2.85. The molecule has 5 nitrogen and oxygen atoms in total. The van der Waals surface area contributed by atoms with Gasteiger partial charge in [-0.1, -0.05) is 46.3 Å². The number of aryl methyl sites for hydroxylation is 1. The second-order valence-electron chi connectivity index (χ2n) is 5.43. The van der Waals surface area contributed by atoms with E-state index in [1.54, 1.807) is 0 Å². The molecule has 0 spiro atoms. The Morgan fingerprint density at radius 3 is 2.68 bits per heavy atom. The lowest BCUT2D eigenvalue weighted by atomic mass is 10.2. The maximum atomic E-state index is 12.4. The quantitative estimate of drug-likeness (QED) is 0.693. The fraction of sp³-hybridized carbons (Fsp3) is 0.105. The Morgan fingerprint density at radius 2 is 1.92 bits per heavy atom. The highest BCUT2D eigenvalue weighted by Gasteiger charge is 2.11. The van der Waals surface area contributed by atoms with Crippen LogP contribution in [0.1, 0.15) is 21.6 Å². The van der Waals surface area contributed by atoms with Gasteiger partial charge in [0, 0.05) is 16.2 Å². The first-order chi connectivity index (χ1) is 12.1. The van der Waals surface area contributed by atoms with Gasteiger partial charge in [0.05, 0.1) is 0 Å². The molecule has 0 aliphatic carbocycles. The molecule has 126 valence electrons. The van der Waals surface area contributed by atoms with Crippen LogP contribution in [0, 0.1) is 6.92 Å². The van der Waals surface area contributed by atoms with Gasteiger partial charge in [-0.15, -0.1) is 0 Å².